The van der Waals surface area contributed by atoms with Crippen LogP contribution >= 0.6 is 0 Å². The summed E-state index contributed by atoms with van der Waals surface area (Å²) in [5.41, 5.74) is 1.69. The second kappa shape index (κ2) is 11.1. The van der Waals surface area contributed by atoms with E-state index >= 15 is 0 Å². The Kier molecular flexibility index (Phi) is 8.07. The zero-order valence-corrected chi connectivity index (χ0v) is 21.6. The first kappa shape index (κ1) is 26.2. The van der Waals surface area contributed by atoms with E-state index in [0.717, 1.165) is 36.3 Å². The molecule has 0 aromatic heterocycles. The smallest absolute Gasteiger partial charge is 0.243 e. The van der Waals surface area contributed by atoms with Gasteiger partial charge in [0.05, 0.1) is 10.8 Å². The summed E-state index contributed by atoms with van der Waals surface area (Å²) >= 11 is 0. The fourth-order valence-corrected chi connectivity index (χ4v) is 6.39. The molecule has 2 aliphatic rings. The number of sulfonamides is 1. The number of nitrogens with zero attached hydrogens (tertiary/aromatic N) is 4. The van der Waals surface area contributed by atoms with Crippen LogP contribution in [0.15, 0.2) is 53.4 Å². The highest BCUT2D eigenvalue weighted by atomic mass is 32.2. The van der Waals surface area contributed by atoms with E-state index in [-0.39, 0.29) is 29.8 Å². The van der Waals surface area contributed by atoms with Gasteiger partial charge in [-0.15, -0.1) is 0 Å². The molecule has 10 heteroatoms. The average molecular weight is 517 g/mol. The quantitative estimate of drug-likeness (QED) is 0.627. The Balaban J connectivity index is 1.56. The highest BCUT2D eigenvalue weighted by Gasteiger charge is 2.38. The third-order valence-electron chi connectivity index (χ3n) is 6.96. The third kappa shape index (κ3) is 5.77. The van der Waals surface area contributed by atoms with E-state index in [1.807, 2.05) is 31.3 Å². The fraction of sp³-hybridized carbons (Fsp3) is 0.462. The summed E-state index contributed by atoms with van der Waals surface area (Å²) in [6.45, 7) is 4.80. The van der Waals surface area contributed by atoms with Gasteiger partial charge >= 0.3 is 0 Å². The lowest BCUT2D eigenvalue weighted by Gasteiger charge is -2.29. The van der Waals surface area contributed by atoms with Crippen molar-refractivity contribution in [2.75, 3.05) is 51.2 Å². The Morgan fingerprint density at radius 1 is 0.944 bits per heavy atom. The molecule has 2 aromatic carbocycles. The summed E-state index contributed by atoms with van der Waals surface area (Å²) in [7, 11) is -1.81. The van der Waals surface area contributed by atoms with Crippen LogP contribution < -0.4 is 4.90 Å². The first-order valence-corrected chi connectivity index (χ1v) is 13.7. The molecule has 194 valence electrons. The molecule has 8 nitrogen and oxygen atoms in total. The molecule has 2 amide bonds. The summed E-state index contributed by atoms with van der Waals surface area (Å²) in [5.74, 6) is -1.10. The molecule has 0 spiro atoms. The van der Waals surface area contributed by atoms with Gasteiger partial charge in [0.2, 0.25) is 21.8 Å². The van der Waals surface area contributed by atoms with E-state index < -0.39 is 21.8 Å². The van der Waals surface area contributed by atoms with Crippen molar-refractivity contribution in [2.24, 2.45) is 5.92 Å². The summed E-state index contributed by atoms with van der Waals surface area (Å²) in [6, 6.07) is 12.4. The molecule has 36 heavy (non-hydrogen) atoms. The summed E-state index contributed by atoms with van der Waals surface area (Å²) < 4.78 is 40.7. The second-order valence-corrected chi connectivity index (χ2v) is 11.5. The van der Waals surface area contributed by atoms with Gasteiger partial charge < -0.3 is 14.7 Å². The highest BCUT2D eigenvalue weighted by Crippen LogP contribution is 2.28. The van der Waals surface area contributed by atoms with E-state index in [1.54, 1.807) is 16.7 Å². The third-order valence-corrected chi connectivity index (χ3v) is 8.84. The van der Waals surface area contributed by atoms with Crippen molar-refractivity contribution < 1.29 is 22.4 Å². The fourth-order valence-electron chi connectivity index (χ4n) is 4.89. The Labute approximate surface area is 212 Å². The molecule has 2 heterocycles. The number of para-hydroxylation sites is 1. The molecule has 1 atom stereocenters. The van der Waals surface area contributed by atoms with Crippen LogP contribution in [0.3, 0.4) is 0 Å². The van der Waals surface area contributed by atoms with Gasteiger partial charge in [0.1, 0.15) is 5.82 Å². The number of likely N-dealkylation sites (N-methyl/N-ethyl adjacent to an activating group) is 1. The van der Waals surface area contributed by atoms with Gasteiger partial charge in [-0.3, -0.25) is 9.59 Å². The number of anilines is 1. The van der Waals surface area contributed by atoms with Gasteiger partial charge in [0, 0.05) is 51.9 Å². The molecule has 2 aliphatic heterocycles. The summed E-state index contributed by atoms with van der Waals surface area (Å²) in [5, 5.41) is 0. The maximum atomic E-state index is 13.7. The first-order valence-electron chi connectivity index (χ1n) is 12.3. The van der Waals surface area contributed by atoms with Gasteiger partial charge in [-0.1, -0.05) is 18.2 Å². The topological polar surface area (TPSA) is 81.2 Å². The number of carbonyl (C=O) groups is 2. The van der Waals surface area contributed by atoms with Gasteiger partial charge in [-0.2, -0.15) is 4.31 Å². The van der Waals surface area contributed by atoms with Crippen LogP contribution in [-0.4, -0.2) is 80.7 Å². The Morgan fingerprint density at radius 3 is 2.39 bits per heavy atom. The van der Waals surface area contributed by atoms with E-state index in [1.165, 1.54) is 16.4 Å². The Bertz CT molecular complexity index is 1200. The molecular formula is C26H33FN4O4S. The van der Waals surface area contributed by atoms with E-state index in [9.17, 15) is 22.4 Å². The standard InChI is InChI=1S/C26H33FN4O4S/c1-20(32)31-14-5-13-28(2)16-17-29(18-21-6-3-4-7-25(21)31)26(33)22-12-15-30(19-22)36(34,35)24-10-8-23(27)9-11-24/h3-4,6-11,22H,5,12-19H2,1-2H3. The first-order chi connectivity index (χ1) is 17.2. The SMILES string of the molecule is CC(=O)N1CCCN(C)CCN(C(=O)C2CCN(S(=O)(=O)c3ccc(F)cc3)C2)Cc2ccccc21. The van der Waals surface area contributed by atoms with Crippen LogP contribution in [0.4, 0.5) is 10.1 Å². The van der Waals surface area contributed by atoms with Gasteiger partial charge in [0.25, 0.3) is 0 Å². The molecule has 1 unspecified atom stereocenters. The molecule has 0 aliphatic carbocycles. The van der Waals surface area contributed by atoms with Crippen molar-refractivity contribution in [1.82, 2.24) is 14.1 Å². The molecule has 1 fully saturated rings. The molecule has 0 N–H and O–H groups in total. The second-order valence-electron chi connectivity index (χ2n) is 9.52. The minimum atomic E-state index is -3.81. The number of halogens is 1. The predicted molar refractivity (Wildman–Crippen MR) is 135 cm³/mol. The van der Waals surface area contributed by atoms with E-state index in [4.69, 9.17) is 0 Å². The number of hydrogen-bond acceptors (Lipinski definition) is 5. The minimum Gasteiger partial charge on any atom is -0.337 e. The van der Waals surface area contributed by atoms with Crippen LogP contribution in [-0.2, 0) is 26.2 Å². The summed E-state index contributed by atoms with van der Waals surface area (Å²) in [6.07, 6.45) is 1.24. The number of fused-ring (bicyclic) bond motifs is 1. The number of amides is 2. The van der Waals surface area contributed by atoms with Crippen molar-refractivity contribution in [1.29, 1.82) is 0 Å². The summed E-state index contributed by atoms with van der Waals surface area (Å²) in [4.78, 5) is 31.8. The van der Waals surface area contributed by atoms with Crippen molar-refractivity contribution >= 4 is 27.5 Å². The van der Waals surface area contributed by atoms with Crippen molar-refractivity contribution in [3.63, 3.8) is 0 Å². The molecule has 0 bridgehead atoms. The molecule has 0 saturated carbocycles. The van der Waals surface area contributed by atoms with Crippen molar-refractivity contribution in [3.8, 4) is 0 Å². The maximum absolute atomic E-state index is 13.7. The average Bonchev–Trinajstić information content (AvgIpc) is 3.35. The lowest BCUT2D eigenvalue weighted by atomic mass is 10.1. The van der Waals surface area contributed by atoms with Crippen molar-refractivity contribution in [3.05, 3.63) is 59.9 Å². The van der Waals surface area contributed by atoms with Crippen LogP contribution in [0.2, 0.25) is 0 Å². The molecule has 4 rings (SSSR count). The molecule has 2 aromatic rings. The molecule has 0 radical (unpaired) electrons. The number of hydrogen-bond donors (Lipinski definition) is 0. The van der Waals surface area contributed by atoms with E-state index in [0.29, 0.717) is 32.6 Å². The van der Waals surface area contributed by atoms with Crippen LogP contribution in [0, 0.1) is 11.7 Å². The van der Waals surface area contributed by atoms with Crippen LogP contribution in [0.25, 0.3) is 0 Å². The van der Waals surface area contributed by atoms with Gasteiger partial charge in [-0.05, 0) is 62.3 Å². The van der Waals surface area contributed by atoms with Crippen LogP contribution in [0.1, 0.15) is 25.3 Å². The highest BCUT2D eigenvalue weighted by molar-refractivity contribution is 7.89. The van der Waals surface area contributed by atoms with Gasteiger partial charge in [-0.25, -0.2) is 12.8 Å². The molecular weight excluding hydrogens is 483 g/mol. The monoisotopic (exact) mass is 516 g/mol. The lowest BCUT2D eigenvalue weighted by molar-refractivity contribution is -0.135. The van der Waals surface area contributed by atoms with Crippen molar-refractivity contribution in [2.45, 2.75) is 31.2 Å². The minimum absolute atomic E-state index is 0.0205. The zero-order valence-electron chi connectivity index (χ0n) is 20.8. The largest absolute Gasteiger partial charge is 0.337 e. The normalized spacial score (nSPS) is 20.6. The van der Waals surface area contributed by atoms with Gasteiger partial charge in [0.15, 0.2) is 0 Å². The van der Waals surface area contributed by atoms with E-state index in [2.05, 4.69) is 4.90 Å². The number of rotatable bonds is 3. The lowest BCUT2D eigenvalue weighted by Crippen LogP contribution is -2.41. The maximum Gasteiger partial charge on any atom is 0.243 e. The zero-order chi connectivity index (χ0) is 25.9. The Hall–Kier alpha value is -2.82. The number of benzene rings is 2. The Morgan fingerprint density at radius 2 is 1.67 bits per heavy atom. The van der Waals surface area contributed by atoms with Crippen LogP contribution in [0.5, 0.6) is 0 Å². The number of carbonyl (C=O) groups excluding carboxylic acids is 2. The predicted octanol–water partition coefficient (Wildman–Crippen LogP) is 2.55. The molecule has 1 saturated heterocycles.